The van der Waals surface area contributed by atoms with Crippen molar-refractivity contribution in [1.29, 1.82) is 0 Å². The molecule has 0 bridgehead atoms. The first-order valence-electron chi connectivity index (χ1n) is 8.73. The number of amides is 1. The molecule has 1 fully saturated rings. The van der Waals surface area contributed by atoms with Crippen molar-refractivity contribution in [2.45, 2.75) is 6.92 Å². The fourth-order valence-corrected chi connectivity index (χ4v) is 3.42. The zero-order chi connectivity index (χ0) is 18.1. The molecule has 6 nitrogen and oxygen atoms in total. The van der Waals surface area contributed by atoms with Crippen molar-refractivity contribution in [2.75, 3.05) is 36.0 Å². The molecule has 0 atom stereocenters. The molecule has 0 saturated carbocycles. The van der Waals surface area contributed by atoms with Crippen LogP contribution in [0.15, 0.2) is 48.8 Å². The predicted molar refractivity (Wildman–Crippen MR) is 104 cm³/mol. The zero-order valence-electron chi connectivity index (χ0n) is 14.7. The fourth-order valence-electron chi connectivity index (χ4n) is 3.42. The Morgan fingerprint density at radius 3 is 2.35 bits per heavy atom. The predicted octanol–water partition coefficient (Wildman–Crippen LogP) is 2.36. The Bertz CT molecular complexity index is 946. The van der Waals surface area contributed by atoms with Crippen molar-refractivity contribution >= 4 is 28.3 Å². The van der Waals surface area contributed by atoms with Crippen LogP contribution in [0.5, 0.6) is 0 Å². The molecule has 1 aromatic heterocycles. The van der Waals surface area contributed by atoms with Gasteiger partial charge in [-0.15, -0.1) is 0 Å². The SMILES string of the molecule is Cc1ccc2ncnc(N3CCN(c4ccc(C(N)=O)cc4)CC3)c2c1. The molecule has 132 valence electrons. The van der Waals surface area contributed by atoms with Crippen LogP contribution in [-0.2, 0) is 0 Å². The summed E-state index contributed by atoms with van der Waals surface area (Å²) >= 11 is 0. The molecule has 1 amide bonds. The summed E-state index contributed by atoms with van der Waals surface area (Å²) in [6.45, 7) is 5.65. The third-order valence-electron chi connectivity index (χ3n) is 4.87. The molecule has 2 aromatic carbocycles. The number of piperazine rings is 1. The van der Waals surface area contributed by atoms with Gasteiger partial charge in [0.05, 0.1) is 5.52 Å². The maximum atomic E-state index is 11.2. The molecule has 4 rings (SSSR count). The lowest BCUT2D eigenvalue weighted by Gasteiger charge is -2.37. The molecule has 0 spiro atoms. The van der Waals surface area contributed by atoms with Crippen molar-refractivity contribution in [3.63, 3.8) is 0 Å². The molecule has 2 heterocycles. The average Bonchev–Trinajstić information content (AvgIpc) is 2.68. The van der Waals surface area contributed by atoms with Crippen LogP contribution in [0.2, 0.25) is 0 Å². The number of aromatic nitrogens is 2. The topological polar surface area (TPSA) is 75.3 Å². The molecule has 0 unspecified atom stereocenters. The highest BCUT2D eigenvalue weighted by molar-refractivity contribution is 5.93. The molecule has 2 N–H and O–H groups in total. The second kappa shape index (κ2) is 6.63. The summed E-state index contributed by atoms with van der Waals surface area (Å²) in [5.74, 6) is 0.606. The van der Waals surface area contributed by atoms with E-state index < -0.39 is 5.91 Å². The Kier molecular flexibility index (Phi) is 4.16. The van der Waals surface area contributed by atoms with E-state index in [2.05, 4.69) is 38.8 Å². The van der Waals surface area contributed by atoms with E-state index >= 15 is 0 Å². The lowest BCUT2D eigenvalue weighted by Crippen LogP contribution is -2.47. The number of nitrogens with zero attached hydrogens (tertiary/aromatic N) is 4. The van der Waals surface area contributed by atoms with E-state index in [9.17, 15) is 4.79 Å². The number of rotatable bonds is 3. The first-order valence-corrected chi connectivity index (χ1v) is 8.73. The van der Waals surface area contributed by atoms with Crippen molar-refractivity contribution in [1.82, 2.24) is 9.97 Å². The number of benzene rings is 2. The monoisotopic (exact) mass is 347 g/mol. The summed E-state index contributed by atoms with van der Waals surface area (Å²) in [4.78, 5) is 24.8. The van der Waals surface area contributed by atoms with Gasteiger partial charge in [0.2, 0.25) is 5.91 Å². The molecule has 1 aliphatic heterocycles. The van der Waals surface area contributed by atoms with Gasteiger partial charge >= 0.3 is 0 Å². The third-order valence-corrected chi connectivity index (χ3v) is 4.87. The fraction of sp³-hybridized carbons (Fsp3) is 0.250. The largest absolute Gasteiger partial charge is 0.368 e. The van der Waals surface area contributed by atoms with Crippen LogP contribution >= 0.6 is 0 Å². The van der Waals surface area contributed by atoms with Crippen molar-refractivity contribution in [3.05, 3.63) is 59.9 Å². The maximum Gasteiger partial charge on any atom is 0.248 e. The molecule has 26 heavy (non-hydrogen) atoms. The minimum atomic E-state index is -0.396. The number of primary amides is 1. The normalized spacial score (nSPS) is 14.7. The van der Waals surface area contributed by atoms with Gasteiger partial charge in [-0.3, -0.25) is 4.79 Å². The summed E-state index contributed by atoms with van der Waals surface area (Å²) in [7, 11) is 0. The average molecular weight is 347 g/mol. The van der Waals surface area contributed by atoms with Gasteiger partial charge in [0.15, 0.2) is 0 Å². The number of hydrogen-bond acceptors (Lipinski definition) is 5. The number of anilines is 2. The molecular weight excluding hydrogens is 326 g/mol. The van der Waals surface area contributed by atoms with Crippen molar-refractivity contribution in [2.24, 2.45) is 5.73 Å². The van der Waals surface area contributed by atoms with Crippen molar-refractivity contribution in [3.8, 4) is 0 Å². The number of hydrogen-bond donors (Lipinski definition) is 1. The molecule has 3 aromatic rings. The number of carbonyl (C=O) groups is 1. The summed E-state index contributed by atoms with van der Waals surface area (Å²) in [6, 6.07) is 13.8. The van der Waals surface area contributed by atoms with E-state index in [1.54, 1.807) is 18.5 Å². The lowest BCUT2D eigenvalue weighted by molar-refractivity contribution is 0.100. The van der Waals surface area contributed by atoms with E-state index in [-0.39, 0.29) is 0 Å². The molecule has 6 heteroatoms. The Morgan fingerprint density at radius 2 is 1.65 bits per heavy atom. The van der Waals surface area contributed by atoms with Crippen LogP contribution in [-0.4, -0.2) is 42.1 Å². The van der Waals surface area contributed by atoms with Crippen LogP contribution in [0, 0.1) is 6.92 Å². The minimum absolute atomic E-state index is 0.396. The van der Waals surface area contributed by atoms with E-state index in [1.165, 1.54) is 5.56 Å². The number of fused-ring (bicyclic) bond motifs is 1. The van der Waals surface area contributed by atoms with Crippen molar-refractivity contribution < 1.29 is 4.79 Å². The van der Waals surface area contributed by atoms with E-state index in [0.29, 0.717) is 5.56 Å². The number of nitrogens with two attached hydrogens (primary N) is 1. The summed E-state index contributed by atoms with van der Waals surface area (Å²) in [5.41, 5.74) is 9.14. The second-order valence-corrected chi connectivity index (χ2v) is 6.60. The van der Waals surface area contributed by atoms with Gasteiger partial charge in [-0.05, 0) is 43.3 Å². The maximum absolute atomic E-state index is 11.2. The Morgan fingerprint density at radius 1 is 0.962 bits per heavy atom. The third kappa shape index (κ3) is 3.06. The van der Waals surface area contributed by atoms with E-state index in [0.717, 1.165) is 48.6 Å². The number of carbonyl (C=O) groups excluding carboxylic acids is 1. The van der Waals surface area contributed by atoms with Crippen LogP contribution in [0.4, 0.5) is 11.5 Å². The first kappa shape index (κ1) is 16.3. The van der Waals surface area contributed by atoms with Gasteiger partial charge in [-0.25, -0.2) is 9.97 Å². The first-order chi connectivity index (χ1) is 12.6. The van der Waals surface area contributed by atoms with Gasteiger partial charge in [-0.1, -0.05) is 11.6 Å². The Labute approximate surface area is 152 Å². The zero-order valence-corrected chi connectivity index (χ0v) is 14.7. The highest BCUT2D eigenvalue weighted by Crippen LogP contribution is 2.26. The lowest BCUT2D eigenvalue weighted by atomic mass is 10.1. The molecular formula is C20H21N5O. The van der Waals surface area contributed by atoms with Gasteiger partial charge in [0.1, 0.15) is 12.1 Å². The van der Waals surface area contributed by atoms with Crippen LogP contribution in [0.25, 0.3) is 10.9 Å². The minimum Gasteiger partial charge on any atom is -0.368 e. The van der Waals surface area contributed by atoms with Gasteiger partial charge in [0, 0.05) is 42.8 Å². The summed E-state index contributed by atoms with van der Waals surface area (Å²) in [6.07, 6.45) is 1.64. The Balaban J connectivity index is 1.52. The highest BCUT2D eigenvalue weighted by atomic mass is 16.1. The smallest absolute Gasteiger partial charge is 0.248 e. The Hall–Kier alpha value is -3.15. The van der Waals surface area contributed by atoms with Gasteiger partial charge < -0.3 is 15.5 Å². The van der Waals surface area contributed by atoms with Crippen LogP contribution in [0.1, 0.15) is 15.9 Å². The standard InChI is InChI=1S/C20H21N5O/c1-14-2-7-18-17(12-14)20(23-13-22-18)25-10-8-24(9-11-25)16-5-3-15(4-6-16)19(21)26/h2-7,12-13H,8-11H2,1H3,(H2,21,26). The second-order valence-electron chi connectivity index (χ2n) is 6.60. The summed E-state index contributed by atoms with van der Waals surface area (Å²) in [5, 5.41) is 1.10. The van der Waals surface area contributed by atoms with Crippen LogP contribution < -0.4 is 15.5 Å². The van der Waals surface area contributed by atoms with E-state index in [4.69, 9.17) is 5.73 Å². The molecule has 0 radical (unpaired) electrons. The number of aryl methyl sites for hydroxylation is 1. The quantitative estimate of drug-likeness (QED) is 0.787. The summed E-state index contributed by atoms with van der Waals surface area (Å²) < 4.78 is 0. The molecule has 1 aliphatic rings. The molecule has 0 aliphatic carbocycles. The van der Waals surface area contributed by atoms with Gasteiger partial charge in [0.25, 0.3) is 0 Å². The van der Waals surface area contributed by atoms with E-state index in [1.807, 2.05) is 18.2 Å². The van der Waals surface area contributed by atoms with Gasteiger partial charge in [-0.2, -0.15) is 0 Å². The van der Waals surface area contributed by atoms with Crippen LogP contribution in [0.3, 0.4) is 0 Å². The highest BCUT2D eigenvalue weighted by Gasteiger charge is 2.20. The molecule has 1 saturated heterocycles.